The number of aromatic nitrogens is 1. The highest BCUT2D eigenvalue weighted by molar-refractivity contribution is 5.79. The van der Waals surface area contributed by atoms with Crippen molar-refractivity contribution in [2.75, 3.05) is 13.1 Å². The van der Waals surface area contributed by atoms with Crippen molar-refractivity contribution in [1.82, 2.24) is 15.2 Å². The molecule has 0 radical (unpaired) electrons. The van der Waals surface area contributed by atoms with E-state index in [9.17, 15) is 13.6 Å². The first-order chi connectivity index (χ1) is 15.6. The summed E-state index contributed by atoms with van der Waals surface area (Å²) in [4.78, 5) is 19.5. The lowest BCUT2D eigenvalue weighted by Crippen LogP contribution is -2.43. The number of amides is 1. The molecular weight excluding hydrogens is 408 g/mol. The minimum Gasteiger partial charge on any atom is -0.347 e. The number of nitrogens with one attached hydrogen (secondary N) is 1. The van der Waals surface area contributed by atoms with Gasteiger partial charge in [0.1, 0.15) is 0 Å². The van der Waals surface area contributed by atoms with E-state index in [0.717, 1.165) is 36.7 Å². The standard InChI is InChI=1S/C26H27F2N3O/c27-22-12-6-10-20(25(22)28)17-31-15-7-11-21(18-31)26(23-13-4-5-14-29-23)30-24(32)16-19-8-2-1-3-9-19/h1-6,8-10,12-14,21,26H,7,11,15-18H2,(H,30,32)/t21-,26-/m1/s1. The van der Waals surface area contributed by atoms with Gasteiger partial charge in [-0.1, -0.05) is 48.5 Å². The van der Waals surface area contributed by atoms with Crippen molar-refractivity contribution in [1.29, 1.82) is 0 Å². The molecule has 0 aliphatic carbocycles. The Balaban J connectivity index is 1.49. The SMILES string of the molecule is O=C(Cc1ccccc1)N[C@@H](c1ccccn1)[C@@H]1CCCN(Cc2cccc(F)c2F)C1. The summed E-state index contributed by atoms with van der Waals surface area (Å²) < 4.78 is 27.8. The third kappa shape index (κ3) is 5.56. The number of benzene rings is 2. The molecule has 1 aliphatic rings. The zero-order chi connectivity index (χ0) is 22.3. The van der Waals surface area contributed by atoms with Crippen LogP contribution < -0.4 is 5.32 Å². The third-order valence-corrected chi connectivity index (χ3v) is 5.97. The van der Waals surface area contributed by atoms with Crippen LogP contribution in [-0.4, -0.2) is 28.9 Å². The quantitative estimate of drug-likeness (QED) is 0.587. The van der Waals surface area contributed by atoms with Gasteiger partial charge in [-0.2, -0.15) is 0 Å². The molecule has 1 fully saturated rings. The van der Waals surface area contributed by atoms with E-state index in [1.807, 2.05) is 48.5 Å². The van der Waals surface area contributed by atoms with Crippen LogP contribution in [0.2, 0.25) is 0 Å². The van der Waals surface area contributed by atoms with E-state index in [1.54, 1.807) is 12.3 Å². The minimum absolute atomic E-state index is 0.0554. The van der Waals surface area contributed by atoms with Crippen LogP contribution in [0.4, 0.5) is 8.78 Å². The first kappa shape index (κ1) is 22.1. The van der Waals surface area contributed by atoms with Crippen molar-refractivity contribution < 1.29 is 13.6 Å². The third-order valence-electron chi connectivity index (χ3n) is 5.97. The number of nitrogens with zero attached hydrogens (tertiary/aromatic N) is 2. The zero-order valence-corrected chi connectivity index (χ0v) is 17.9. The number of hydrogen-bond acceptors (Lipinski definition) is 3. The molecule has 0 saturated carbocycles. The Morgan fingerprint density at radius 2 is 1.88 bits per heavy atom. The Hall–Kier alpha value is -3.12. The molecule has 6 heteroatoms. The minimum atomic E-state index is -0.824. The largest absolute Gasteiger partial charge is 0.347 e. The summed E-state index contributed by atoms with van der Waals surface area (Å²) in [7, 11) is 0. The van der Waals surface area contributed by atoms with Crippen LogP contribution in [0.15, 0.2) is 72.9 Å². The van der Waals surface area contributed by atoms with Crippen LogP contribution in [0.1, 0.15) is 35.7 Å². The second kappa shape index (κ2) is 10.5. The molecule has 3 aromatic rings. The zero-order valence-electron chi connectivity index (χ0n) is 17.9. The van der Waals surface area contributed by atoms with Gasteiger partial charge in [-0.15, -0.1) is 0 Å². The fourth-order valence-corrected chi connectivity index (χ4v) is 4.42. The second-order valence-electron chi connectivity index (χ2n) is 8.31. The predicted octanol–water partition coefficient (Wildman–Crippen LogP) is 4.67. The van der Waals surface area contributed by atoms with E-state index in [-0.39, 0.29) is 17.9 Å². The highest BCUT2D eigenvalue weighted by atomic mass is 19.2. The molecule has 0 bridgehead atoms. The summed E-state index contributed by atoms with van der Waals surface area (Å²) in [5, 5.41) is 3.19. The van der Waals surface area contributed by atoms with E-state index < -0.39 is 11.6 Å². The monoisotopic (exact) mass is 435 g/mol. The lowest BCUT2D eigenvalue weighted by molar-refractivity contribution is -0.121. The van der Waals surface area contributed by atoms with Crippen LogP contribution in [-0.2, 0) is 17.8 Å². The van der Waals surface area contributed by atoms with Crippen LogP contribution in [0.25, 0.3) is 0 Å². The Labute approximate surface area is 187 Å². The number of carbonyl (C=O) groups is 1. The summed E-state index contributed by atoms with van der Waals surface area (Å²) in [5.41, 5.74) is 2.13. The number of rotatable bonds is 7. The van der Waals surface area contributed by atoms with Gasteiger partial charge in [-0.3, -0.25) is 14.7 Å². The molecule has 1 amide bonds. The Morgan fingerprint density at radius 1 is 1.06 bits per heavy atom. The van der Waals surface area contributed by atoms with Gasteiger partial charge in [-0.25, -0.2) is 8.78 Å². The van der Waals surface area contributed by atoms with Gasteiger partial charge >= 0.3 is 0 Å². The molecule has 4 rings (SSSR count). The molecular formula is C26H27F2N3O. The van der Waals surface area contributed by atoms with Crippen molar-refractivity contribution in [2.24, 2.45) is 5.92 Å². The molecule has 1 N–H and O–H groups in total. The molecule has 1 aliphatic heterocycles. The first-order valence-electron chi connectivity index (χ1n) is 11.0. The molecule has 0 spiro atoms. The molecule has 2 aromatic carbocycles. The molecule has 1 aromatic heterocycles. The lowest BCUT2D eigenvalue weighted by atomic mass is 9.88. The van der Waals surface area contributed by atoms with Crippen molar-refractivity contribution >= 4 is 5.91 Å². The van der Waals surface area contributed by atoms with Gasteiger partial charge in [0.2, 0.25) is 5.91 Å². The van der Waals surface area contributed by atoms with Gasteiger partial charge in [0.25, 0.3) is 0 Å². The van der Waals surface area contributed by atoms with E-state index in [4.69, 9.17) is 0 Å². The normalized spacial score (nSPS) is 17.6. The summed E-state index contributed by atoms with van der Waals surface area (Å²) in [6, 6.07) is 19.4. The molecule has 2 heterocycles. The molecule has 1 saturated heterocycles. The molecule has 32 heavy (non-hydrogen) atoms. The summed E-state index contributed by atoms with van der Waals surface area (Å²) >= 11 is 0. The first-order valence-corrected chi connectivity index (χ1v) is 11.0. The number of pyridine rings is 1. The molecule has 2 atom stereocenters. The second-order valence-corrected chi connectivity index (χ2v) is 8.31. The predicted molar refractivity (Wildman–Crippen MR) is 120 cm³/mol. The van der Waals surface area contributed by atoms with Crippen molar-refractivity contribution in [3.8, 4) is 0 Å². The van der Waals surface area contributed by atoms with Gasteiger partial charge in [0.05, 0.1) is 18.2 Å². The average molecular weight is 436 g/mol. The molecule has 4 nitrogen and oxygen atoms in total. The van der Waals surface area contributed by atoms with Crippen molar-refractivity contribution in [3.63, 3.8) is 0 Å². The average Bonchev–Trinajstić information content (AvgIpc) is 2.82. The maximum Gasteiger partial charge on any atom is 0.224 e. The van der Waals surface area contributed by atoms with Gasteiger partial charge in [-0.05, 0) is 49.1 Å². The van der Waals surface area contributed by atoms with Crippen LogP contribution in [0, 0.1) is 17.6 Å². The molecule has 0 unspecified atom stereocenters. The van der Waals surface area contributed by atoms with E-state index in [1.165, 1.54) is 6.07 Å². The van der Waals surface area contributed by atoms with Crippen LogP contribution >= 0.6 is 0 Å². The maximum atomic E-state index is 14.2. The molecule has 166 valence electrons. The van der Waals surface area contributed by atoms with E-state index in [0.29, 0.717) is 25.1 Å². The summed E-state index contributed by atoms with van der Waals surface area (Å²) in [5.74, 6) is -1.54. The highest BCUT2D eigenvalue weighted by Crippen LogP contribution is 2.30. The van der Waals surface area contributed by atoms with Crippen LogP contribution in [0.3, 0.4) is 0 Å². The number of hydrogen-bond donors (Lipinski definition) is 1. The van der Waals surface area contributed by atoms with Crippen LogP contribution in [0.5, 0.6) is 0 Å². The Kier molecular flexibility index (Phi) is 7.22. The number of halogens is 2. The fraction of sp³-hybridized carbons (Fsp3) is 0.308. The number of piperidine rings is 1. The highest BCUT2D eigenvalue weighted by Gasteiger charge is 2.30. The van der Waals surface area contributed by atoms with Crippen molar-refractivity contribution in [2.45, 2.75) is 31.8 Å². The van der Waals surface area contributed by atoms with Gasteiger partial charge in [0.15, 0.2) is 11.6 Å². The van der Waals surface area contributed by atoms with Gasteiger partial charge < -0.3 is 5.32 Å². The van der Waals surface area contributed by atoms with Gasteiger partial charge in [0, 0.05) is 24.8 Å². The van der Waals surface area contributed by atoms with E-state index >= 15 is 0 Å². The van der Waals surface area contributed by atoms with E-state index in [2.05, 4.69) is 15.2 Å². The Bertz CT molecular complexity index is 1030. The van der Waals surface area contributed by atoms with Crippen molar-refractivity contribution in [3.05, 3.63) is 101 Å². The topological polar surface area (TPSA) is 45.2 Å². The lowest BCUT2D eigenvalue weighted by Gasteiger charge is -2.37. The number of likely N-dealkylation sites (tertiary alicyclic amines) is 1. The Morgan fingerprint density at radius 3 is 2.66 bits per heavy atom. The summed E-state index contributed by atoms with van der Waals surface area (Å²) in [6.45, 7) is 1.81. The number of carbonyl (C=O) groups excluding carboxylic acids is 1. The maximum absolute atomic E-state index is 14.2. The summed E-state index contributed by atoms with van der Waals surface area (Å²) in [6.07, 6.45) is 3.87. The smallest absolute Gasteiger partial charge is 0.224 e. The fourth-order valence-electron chi connectivity index (χ4n) is 4.42.